The Morgan fingerprint density at radius 3 is 2.63 bits per heavy atom. The molecule has 4 rings (SSSR count). The molecule has 0 bridgehead atoms. The summed E-state index contributed by atoms with van der Waals surface area (Å²) in [4.78, 5) is 16.4. The number of rotatable bonds is 7. The number of aromatic nitrogens is 1. The van der Waals surface area contributed by atoms with Crippen molar-refractivity contribution in [2.24, 2.45) is 0 Å². The van der Waals surface area contributed by atoms with E-state index in [4.69, 9.17) is 4.52 Å². The van der Waals surface area contributed by atoms with Gasteiger partial charge in [0.15, 0.2) is 5.69 Å². The lowest BCUT2D eigenvalue weighted by molar-refractivity contribution is -0.137. The van der Waals surface area contributed by atoms with Crippen LogP contribution in [-0.2, 0) is 6.18 Å². The Hall–Kier alpha value is -2.55. The average Bonchev–Trinajstić information content (AvgIpc) is 3.47. The molecule has 0 radical (unpaired) electrons. The highest BCUT2D eigenvalue weighted by Gasteiger charge is 2.31. The van der Waals surface area contributed by atoms with Crippen molar-refractivity contribution in [2.45, 2.75) is 31.4 Å². The number of piperazine rings is 1. The summed E-state index contributed by atoms with van der Waals surface area (Å²) >= 11 is 0. The standard InChI is InChI=1S/C21H25F3N4O2/c22-21(23,24)16-3-1-4-17(13-16)28-11-9-27(10-12-28)8-2-7-25-20(29)18-14-19(30-26-18)15-5-6-15/h1,3-4,13-15H,2,5-12H2,(H,25,29). The number of carbonyl (C=O) groups is 1. The predicted octanol–water partition coefficient (Wildman–Crippen LogP) is 3.51. The Morgan fingerprint density at radius 1 is 1.17 bits per heavy atom. The van der Waals surface area contributed by atoms with Crippen LogP contribution in [0.1, 0.15) is 47.0 Å². The van der Waals surface area contributed by atoms with Crippen LogP contribution in [0.3, 0.4) is 0 Å². The second kappa shape index (κ2) is 8.67. The molecule has 6 nitrogen and oxygen atoms in total. The van der Waals surface area contributed by atoms with Crippen LogP contribution in [0.2, 0.25) is 0 Å². The van der Waals surface area contributed by atoms with E-state index in [-0.39, 0.29) is 5.91 Å². The zero-order valence-corrected chi connectivity index (χ0v) is 16.6. The van der Waals surface area contributed by atoms with Gasteiger partial charge in [-0.1, -0.05) is 11.2 Å². The van der Waals surface area contributed by atoms with Crippen molar-refractivity contribution < 1.29 is 22.5 Å². The molecular formula is C21H25F3N4O2. The highest BCUT2D eigenvalue weighted by molar-refractivity contribution is 5.92. The van der Waals surface area contributed by atoms with Gasteiger partial charge in [-0.2, -0.15) is 13.2 Å². The number of anilines is 1. The largest absolute Gasteiger partial charge is 0.416 e. The predicted molar refractivity (Wildman–Crippen MR) is 106 cm³/mol. The number of amides is 1. The minimum absolute atomic E-state index is 0.222. The minimum Gasteiger partial charge on any atom is -0.369 e. The highest BCUT2D eigenvalue weighted by atomic mass is 19.4. The summed E-state index contributed by atoms with van der Waals surface area (Å²) in [5.41, 5.74) is 0.316. The van der Waals surface area contributed by atoms with Gasteiger partial charge >= 0.3 is 6.18 Å². The smallest absolute Gasteiger partial charge is 0.369 e. The van der Waals surface area contributed by atoms with E-state index < -0.39 is 11.7 Å². The van der Waals surface area contributed by atoms with Gasteiger partial charge in [-0.25, -0.2) is 0 Å². The molecule has 1 aromatic carbocycles. The summed E-state index contributed by atoms with van der Waals surface area (Å²) in [6.45, 7) is 4.27. The molecule has 2 heterocycles. The summed E-state index contributed by atoms with van der Waals surface area (Å²) in [6, 6.07) is 7.21. The quantitative estimate of drug-likeness (QED) is 0.692. The Labute approximate surface area is 173 Å². The maximum Gasteiger partial charge on any atom is 0.416 e. The first-order valence-electron chi connectivity index (χ1n) is 10.3. The van der Waals surface area contributed by atoms with Gasteiger partial charge in [0.2, 0.25) is 0 Å². The number of benzene rings is 1. The fraction of sp³-hybridized carbons (Fsp3) is 0.524. The molecule has 1 amide bonds. The lowest BCUT2D eigenvalue weighted by atomic mass is 10.1. The molecule has 1 aromatic heterocycles. The van der Waals surface area contributed by atoms with Crippen molar-refractivity contribution >= 4 is 11.6 Å². The van der Waals surface area contributed by atoms with Crippen LogP contribution in [0, 0.1) is 0 Å². The van der Waals surface area contributed by atoms with Gasteiger partial charge in [0.1, 0.15) is 5.76 Å². The van der Waals surface area contributed by atoms with E-state index in [0.29, 0.717) is 36.9 Å². The first kappa shape index (κ1) is 20.7. The molecule has 0 atom stereocenters. The Balaban J connectivity index is 1.17. The third-order valence-electron chi connectivity index (χ3n) is 5.59. The van der Waals surface area contributed by atoms with Crippen LogP contribution in [0.5, 0.6) is 0 Å². The van der Waals surface area contributed by atoms with Gasteiger partial charge in [-0.05, 0) is 44.0 Å². The third-order valence-corrected chi connectivity index (χ3v) is 5.59. The lowest BCUT2D eigenvalue weighted by Gasteiger charge is -2.36. The number of alkyl halides is 3. The molecule has 1 saturated heterocycles. The Kier molecular flexibility index (Phi) is 5.99. The molecule has 1 N–H and O–H groups in total. The molecule has 1 saturated carbocycles. The SMILES string of the molecule is O=C(NCCCN1CCN(c2cccc(C(F)(F)F)c2)CC1)c1cc(C2CC2)on1. The molecule has 1 aliphatic carbocycles. The molecule has 2 aliphatic rings. The molecule has 162 valence electrons. The van der Waals surface area contributed by atoms with Gasteiger partial charge in [-0.3, -0.25) is 9.69 Å². The molecule has 30 heavy (non-hydrogen) atoms. The zero-order valence-electron chi connectivity index (χ0n) is 16.6. The molecule has 9 heteroatoms. The van der Waals surface area contributed by atoms with Crippen LogP contribution in [0.15, 0.2) is 34.9 Å². The molecule has 2 aromatic rings. The van der Waals surface area contributed by atoms with Gasteiger partial charge in [-0.15, -0.1) is 0 Å². The van der Waals surface area contributed by atoms with E-state index in [0.717, 1.165) is 50.7 Å². The van der Waals surface area contributed by atoms with Gasteiger partial charge in [0.25, 0.3) is 5.91 Å². The summed E-state index contributed by atoms with van der Waals surface area (Å²) < 4.78 is 43.9. The number of nitrogens with one attached hydrogen (secondary N) is 1. The second-order valence-electron chi connectivity index (χ2n) is 7.88. The fourth-order valence-corrected chi connectivity index (χ4v) is 3.66. The van der Waals surface area contributed by atoms with Crippen molar-refractivity contribution in [1.29, 1.82) is 0 Å². The summed E-state index contributed by atoms with van der Waals surface area (Å²) in [7, 11) is 0. The van der Waals surface area contributed by atoms with Crippen molar-refractivity contribution in [3.8, 4) is 0 Å². The van der Waals surface area contributed by atoms with Crippen LogP contribution in [0.25, 0.3) is 0 Å². The molecule has 1 aliphatic heterocycles. The summed E-state index contributed by atoms with van der Waals surface area (Å²) in [5, 5.41) is 6.69. The van der Waals surface area contributed by atoms with Gasteiger partial charge in [0.05, 0.1) is 5.56 Å². The third kappa shape index (κ3) is 5.13. The second-order valence-corrected chi connectivity index (χ2v) is 7.88. The first-order valence-corrected chi connectivity index (χ1v) is 10.3. The normalized spacial score (nSPS) is 17.9. The highest BCUT2D eigenvalue weighted by Crippen LogP contribution is 2.40. The summed E-state index contributed by atoms with van der Waals surface area (Å²) in [5.74, 6) is 0.993. The average molecular weight is 422 g/mol. The summed E-state index contributed by atoms with van der Waals surface area (Å²) in [6.07, 6.45) is -1.34. The molecule has 0 unspecified atom stereocenters. The van der Waals surface area contributed by atoms with Crippen molar-refractivity contribution in [3.05, 3.63) is 47.3 Å². The number of hydrogen-bond acceptors (Lipinski definition) is 5. The fourth-order valence-electron chi connectivity index (χ4n) is 3.66. The first-order chi connectivity index (χ1) is 14.4. The number of hydrogen-bond donors (Lipinski definition) is 1. The van der Waals surface area contributed by atoms with E-state index in [1.54, 1.807) is 12.1 Å². The van der Waals surface area contributed by atoms with E-state index >= 15 is 0 Å². The lowest BCUT2D eigenvalue weighted by Crippen LogP contribution is -2.47. The Bertz CT molecular complexity index is 871. The molecule has 0 spiro atoms. The van der Waals surface area contributed by atoms with E-state index in [2.05, 4.69) is 15.4 Å². The van der Waals surface area contributed by atoms with Crippen molar-refractivity contribution in [3.63, 3.8) is 0 Å². The van der Waals surface area contributed by atoms with Crippen molar-refractivity contribution in [2.75, 3.05) is 44.2 Å². The maximum atomic E-state index is 12.9. The Morgan fingerprint density at radius 2 is 1.93 bits per heavy atom. The number of nitrogens with zero attached hydrogens (tertiary/aromatic N) is 3. The maximum absolute atomic E-state index is 12.9. The number of halogens is 3. The number of carbonyl (C=O) groups excluding carboxylic acids is 1. The van der Waals surface area contributed by atoms with Crippen molar-refractivity contribution in [1.82, 2.24) is 15.4 Å². The van der Waals surface area contributed by atoms with Gasteiger partial charge in [0, 0.05) is 50.4 Å². The molecule has 2 fully saturated rings. The van der Waals surface area contributed by atoms with Crippen LogP contribution >= 0.6 is 0 Å². The van der Waals surface area contributed by atoms with E-state index in [1.807, 2.05) is 4.90 Å². The minimum atomic E-state index is -4.33. The topological polar surface area (TPSA) is 61.6 Å². The zero-order chi connectivity index (χ0) is 21.1. The van der Waals surface area contributed by atoms with Crippen LogP contribution in [-0.4, -0.2) is 55.2 Å². The monoisotopic (exact) mass is 422 g/mol. The van der Waals surface area contributed by atoms with Gasteiger partial charge < -0.3 is 14.7 Å². The van der Waals surface area contributed by atoms with E-state index in [1.165, 1.54) is 12.1 Å². The van der Waals surface area contributed by atoms with Crippen LogP contribution < -0.4 is 10.2 Å². The van der Waals surface area contributed by atoms with E-state index in [9.17, 15) is 18.0 Å². The molecular weight excluding hydrogens is 397 g/mol. The van der Waals surface area contributed by atoms with Crippen LogP contribution in [0.4, 0.5) is 18.9 Å².